The van der Waals surface area contributed by atoms with Crippen LogP contribution in [-0.2, 0) is 9.47 Å². The molecule has 1 amide bonds. The normalized spacial score (nSPS) is 18.6. The molecule has 0 spiro atoms. The zero-order valence-corrected chi connectivity index (χ0v) is 18.8. The number of hydrogen-bond acceptors (Lipinski definition) is 5. The Kier molecular flexibility index (Phi) is 10.0. The van der Waals surface area contributed by atoms with Gasteiger partial charge in [0.15, 0.2) is 5.96 Å². The fourth-order valence-corrected chi connectivity index (χ4v) is 3.13. The maximum absolute atomic E-state index is 12.1. The van der Waals surface area contributed by atoms with Gasteiger partial charge < -0.3 is 25.0 Å². The van der Waals surface area contributed by atoms with Crippen molar-refractivity contribution in [2.45, 2.75) is 52.1 Å². The van der Waals surface area contributed by atoms with E-state index in [0.717, 1.165) is 83.7 Å². The van der Waals surface area contributed by atoms with E-state index in [1.807, 2.05) is 20.8 Å². The number of carbonyl (C=O) groups is 1. The highest BCUT2D eigenvalue weighted by atomic mass is 16.6. The molecule has 2 rings (SSSR count). The predicted octanol–water partition coefficient (Wildman–Crippen LogP) is 1.91. The van der Waals surface area contributed by atoms with Gasteiger partial charge in [-0.1, -0.05) is 0 Å². The Balaban J connectivity index is 1.47. The van der Waals surface area contributed by atoms with Crippen molar-refractivity contribution in [3.63, 3.8) is 0 Å². The molecule has 0 unspecified atom stereocenters. The summed E-state index contributed by atoms with van der Waals surface area (Å²) in [4.78, 5) is 20.6. The number of hydrogen-bond donors (Lipinski definition) is 2. The van der Waals surface area contributed by atoms with Gasteiger partial charge in [-0.2, -0.15) is 0 Å². The third-order valence-corrected chi connectivity index (χ3v) is 5.00. The summed E-state index contributed by atoms with van der Waals surface area (Å²) in [5, 5.41) is 6.70. The maximum Gasteiger partial charge on any atom is 0.410 e. The minimum absolute atomic E-state index is 0.202. The molecule has 0 aromatic heterocycles. The Hall–Kier alpha value is -1.54. The summed E-state index contributed by atoms with van der Waals surface area (Å²) in [6.07, 6.45) is 4.52. The molecular formula is C21H41N5O3. The zero-order chi connectivity index (χ0) is 21.1. The van der Waals surface area contributed by atoms with Crippen molar-refractivity contribution < 1.29 is 14.3 Å². The Morgan fingerprint density at radius 2 is 1.72 bits per heavy atom. The average Bonchev–Trinajstić information content (AvgIpc) is 3.49. The zero-order valence-electron chi connectivity index (χ0n) is 18.8. The number of ether oxygens (including phenoxy) is 2. The van der Waals surface area contributed by atoms with Crippen LogP contribution in [0.1, 0.15) is 46.5 Å². The molecule has 1 aliphatic heterocycles. The van der Waals surface area contributed by atoms with Gasteiger partial charge in [0, 0.05) is 59.5 Å². The molecule has 0 aromatic rings. The summed E-state index contributed by atoms with van der Waals surface area (Å²) in [5.41, 5.74) is -0.434. The van der Waals surface area contributed by atoms with Crippen molar-refractivity contribution >= 4 is 12.1 Å². The molecule has 0 aromatic carbocycles. The van der Waals surface area contributed by atoms with Crippen LogP contribution in [0.25, 0.3) is 0 Å². The monoisotopic (exact) mass is 411 g/mol. The van der Waals surface area contributed by atoms with Crippen molar-refractivity contribution in [1.29, 1.82) is 0 Å². The average molecular weight is 412 g/mol. The molecule has 2 aliphatic rings. The lowest BCUT2D eigenvalue weighted by Gasteiger charge is -2.35. The molecule has 1 heterocycles. The number of rotatable bonds is 10. The molecular weight excluding hydrogens is 370 g/mol. The first kappa shape index (κ1) is 23.7. The summed E-state index contributed by atoms with van der Waals surface area (Å²) < 4.78 is 11.1. The fraction of sp³-hybridized carbons (Fsp3) is 0.905. The van der Waals surface area contributed by atoms with E-state index in [0.29, 0.717) is 0 Å². The number of aliphatic imine (C=N–C) groups is 1. The van der Waals surface area contributed by atoms with Gasteiger partial charge in [-0.25, -0.2) is 4.79 Å². The van der Waals surface area contributed by atoms with E-state index in [9.17, 15) is 4.79 Å². The Morgan fingerprint density at radius 1 is 1.07 bits per heavy atom. The van der Waals surface area contributed by atoms with Gasteiger partial charge in [0.25, 0.3) is 0 Å². The second-order valence-electron chi connectivity index (χ2n) is 8.96. The van der Waals surface area contributed by atoms with Gasteiger partial charge in [0.2, 0.25) is 0 Å². The van der Waals surface area contributed by atoms with E-state index in [2.05, 4.69) is 20.5 Å². The van der Waals surface area contributed by atoms with Crippen LogP contribution in [0.4, 0.5) is 4.79 Å². The second-order valence-corrected chi connectivity index (χ2v) is 8.96. The van der Waals surface area contributed by atoms with Crippen molar-refractivity contribution in [3.8, 4) is 0 Å². The van der Waals surface area contributed by atoms with Crippen molar-refractivity contribution in [2.75, 3.05) is 66.1 Å². The number of carbonyl (C=O) groups excluding carboxylic acids is 1. The smallest absolute Gasteiger partial charge is 0.410 e. The second kappa shape index (κ2) is 12.2. The standard InChI is InChI=1S/C21H41N5O3/c1-21(2,3)29-20(27)26-14-12-25(13-15-26)11-5-9-23-19(22-4)24-10-6-16-28-17-18-7-8-18/h18H,5-17H2,1-4H3,(H2,22,23,24). The Morgan fingerprint density at radius 3 is 2.31 bits per heavy atom. The first-order valence-corrected chi connectivity index (χ1v) is 11.1. The van der Waals surface area contributed by atoms with E-state index in [1.54, 1.807) is 11.9 Å². The molecule has 29 heavy (non-hydrogen) atoms. The highest BCUT2D eigenvalue weighted by Gasteiger charge is 2.25. The van der Waals surface area contributed by atoms with Gasteiger partial charge in [-0.05, 0) is 58.9 Å². The van der Waals surface area contributed by atoms with Crippen LogP contribution >= 0.6 is 0 Å². The molecule has 168 valence electrons. The highest BCUT2D eigenvalue weighted by molar-refractivity contribution is 5.79. The van der Waals surface area contributed by atoms with Gasteiger partial charge in [-0.3, -0.25) is 9.89 Å². The van der Waals surface area contributed by atoms with Crippen molar-refractivity contribution in [2.24, 2.45) is 10.9 Å². The number of amides is 1. The van der Waals surface area contributed by atoms with E-state index < -0.39 is 5.60 Å². The Labute approximate surface area is 176 Å². The van der Waals surface area contributed by atoms with Crippen LogP contribution in [0.5, 0.6) is 0 Å². The molecule has 1 saturated carbocycles. The molecule has 1 aliphatic carbocycles. The largest absolute Gasteiger partial charge is 0.444 e. The third kappa shape index (κ3) is 10.7. The van der Waals surface area contributed by atoms with Crippen LogP contribution in [0.3, 0.4) is 0 Å². The number of nitrogens with one attached hydrogen (secondary N) is 2. The molecule has 2 N–H and O–H groups in total. The molecule has 2 fully saturated rings. The lowest BCUT2D eigenvalue weighted by molar-refractivity contribution is 0.0145. The van der Waals surface area contributed by atoms with Crippen LogP contribution in [0.15, 0.2) is 4.99 Å². The highest BCUT2D eigenvalue weighted by Crippen LogP contribution is 2.28. The predicted molar refractivity (Wildman–Crippen MR) is 116 cm³/mol. The van der Waals surface area contributed by atoms with Crippen molar-refractivity contribution in [1.82, 2.24) is 20.4 Å². The summed E-state index contributed by atoms with van der Waals surface area (Å²) in [6, 6.07) is 0. The van der Waals surface area contributed by atoms with Crippen LogP contribution in [0.2, 0.25) is 0 Å². The van der Waals surface area contributed by atoms with Crippen LogP contribution < -0.4 is 10.6 Å². The van der Waals surface area contributed by atoms with Gasteiger partial charge in [0.05, 0.1) is 0 Å². The Bertz CT molecular complexity index is 509. The SMILES string of the molecule is CN=C(NCCCOCC1CC1)NCCCN1CCN(C(=O)OC(C)(C)C)CC1. The lowest BCUT2D eigenvalue weighted by atomic mass is 10.2. The molecule has 0 radical (unpaired) electrons. The van der Waals surface area contributed by atoms with E-state index in [1.165, 1.54) is 12.8 Å². The van der Waals surface area contributed by atoms with Crippen LogP contribution in [0, 0.1) is 5.92 Å². The molecule has 8 heteroatoms. The number of guanidine groups is 1. The van der Waals surface area contributed by atoms with Crippen LogP contribution in [-0.4, -0.2) is 93.5 Å². The molecule has 1 saturated heterocycles. The molecule has 8 nitrogen and oxygen atoms in total. The quantitative estimate of drug-likeness (QED) is 0.325. The fourth-order valence-electron chi connectivity index (χ4n) is 3.13. The molecule has 0 atom stereocenters. The first-order valence-electron chi connectivity index (χ1n) is 11.1. The van der Waals surface area contributed by atoms with Crippen molar-refractivity contribution in [3.05, 3.63) is 0 Å². The summed E-state index contributed by atoms with van der Waals surface area (Å²) in [7, 11) is 1.80. The number of piperazine rings is 1. The third-order valence-electron chi connectivity index (χ3n) is 5.00. The van der Waals surface area contributed by atoms with E-state index in [-0.39, 0.29) is 6.09 Å². The van der Waals surface area contributed by atoms with Gasteiger partial charge >= 0.3 is 6.09 Å². The van der Waals surface area contributed by atoms with Gasteiger partial charge in [0.1, 0.15) is 5.60 Å². The minimum Gasteiger partial charge on any atom is -0.444 e. The molecule has 0 bridgehead atoms. The maximum atomic E-state index is 12.1. The van der Waals surface area contributed by atoms with Gasteiger partial charge in [-0.15, -0.1) is 0 Å². The lowest BCUT2D eigenvalue weighted by Crippen LogP contribution is -2.50. The van der Waals surface area contributed by atoms with E-state index in [4.69, 9.17) is 9.47 Å². The minimum atomic E-state index is -0.434. The summed E-state index contributed by atoms with van der Waals surface area (Å²) in [6.45, 7) is 13.5. The number of nitrogens with zero attached hydrogens (tertiary/aromatic N) is 3. The summed E-state index contributed by atoms with van der Waals surface area (Å²) in [5.74, 6) is 1.68. The topological polar surface area (TPSA) is 78.4 Å². The first-order chi connectivity index (χ1) is 13.9. The van der Waals surface area contributed by atoms with E-state index >= 15 is 0 Å². The summed E-state index contributed by atoms with van der Waals surface area (Å²) >= 11 is 0.